The van der Waals surface area contributed by atoms with Crippen molar-refractivity contribution in [3.8, 4) is 5.82 Å². The van der Waals surface area contributed by atoms with Gasteiger partial charge in [-0.05, 0) is 32.9 Å². The molecule has 0 aliphatic carbocycles. The molecule has 1 aliphatic heterocycles. The summed E-state index contributed by atoms with van der Waals surface area (Å²) < 4.78 is 41.8. The van der Waals surface area contributed by atoms with Gasteiger partial charge in [-0.1, -0.05) is 12.1 Å². The van der Waals surface area contributed by atoms with Gasteiger partial charge in [0.1, 0.15) is 23.8 Å². The van der Waals surface area contributed by atoms with Crippen LogP contribution in [0.25, 0.3) is 5.82 Å². The molecule has 3 aromatic rings. The average Bonchev–Trinajstić information content (AvgIpc) is 3.10. The number of alkyl halides is 3. The third-order valence-corrected chi connectivity index (χ3v) is 5.66. The number of halogens is 3. The van der Waals surface area contributed by atoms with Crippen LogP contribution in [0.1, 0.15) is 33.1 Å². The van der Waals surface area contributed by atoms with E-state index in [9.17, 15) is 18.0 Å². The Labute approximate surface area is 183 Å². The first-order valence-corrected chi connectivity index (χ1v) is 10.2. The van der Waals surface area contributed by atoms with E-state index in [2.05, 4.69) is 15.0 Å². The molecule has 0 atom stereocenters. The fraction of sp³-hybridized carbons (Fsp3) is 0.364. The lowest BCUT2D eigenvalue weighted by atomic mass is 10.1. The second-order valence-corrected chi connectivity index (χ2v) is 7.74. The van der Waals surface area contributed by atoms with Crippen LogP contribution >= 0.6 is 0 Å². The van der Waals surface area contributed by atoms with Crippen molar-refractivity contribution in [1.29, 1.82) is 0 Å². The minimum Gasteiger partial charge on any atom is -0.353 e. The van der Waals surface area contributed by atoms with Crippen LogP contribution in [0.15, 0.2) is 36.7 Å². The Morgan fingerprint density at radius 3 is 2.25 bits per heavy atom. The van der Waals surface area contributed by atoms with Gasteiger partial charge in [0.15, 0.2) is 0 Å². The first kappa shape index (κ1) is 21.8. The van der Waals surface area contributed by atoms with Crippen molar-refractivity contribution in [1.82, 2.24) is 24.4 Å². The molecule has 0 N–H and O–H groups in total. The topological polar surface area (TPSA) is 67.2 Å². The lowest BCUT2D eigenvalue weighted by molar-refractivity contribution is -0.138. The maximum absolute atomic E-state index is 13.3. The third-order valence-electron chi connectivity index (χ3n) is 5.66. The van der Waals surface area contributed by atoms with E-state index in [1.807, 2.05) is 29.4 Å². The first-order valence-electron chi connectivity index (χ1n) is 10.2. The summed E-state index contributed by atoms with van der Waals surface area (Å²) in [5.74, 6) is 1.40. The third kappa shape index (κ3) is 4.17. The molecule has 32 heavy (non-hydrogen) atoms. The summed E-state index contributed by atoms with van der Waals surface area (Å²) in [4.78, 5) is 29.6. The number of benzene rings is 1. The second-order valence-electron chi connectivity index (χ2n) is 7.74. The molecule has 1 aliphatic rings. The molecule has 7 nitrogen and oxygen atoms in total. The molecule has 4 rings (SSSR count). The van der Waals surface area contributed by atoms with Gasteiger partial charge in [-0.25, -0.2) is 15.0 Å². The predicted octanol–water partition coefficient (Wildman–Crippen LogP) is 3.57. The molecular formula is C22H23F3N6O. The van der Waals surface area contributed by atoms with Crippen LogP contribution in [0.3, 0.4) is 0 Å². The van der Waals surface area contributed by atoms with Gasteiger partial charge in [0.25, 0.3) is 5.91 Å². The molecule has 1 fully saturated rings. The average molecular weight is 444 g/mol. The van der Waals surface area contributed by atoms with E-state index in [0.717, 1.165) is 17.5 Å². The SMILES string of the molecule is Cc1nc(N2CCN(C(=O)c3ccccc3C(F)(F)F)CC2)cc(-n2cnc(C)c2C)n1. The van der Waals surface area contributed by atoms with Crippen molar-refractivity contribution in [3.05, 3.63) is 65.0 Å². The summed E-state index contributed by atoms with van der Waals surface area (Å²) in [6.07, 6.45) is -2.86. The van der Waals surface area contributed by atoms with Crippen molar-refractivity contribution < 1.29 is 18.0 Å². The van der Waals surface area contributed by atoms with Crippen LogP contribution in [0, 0.1) is 20.8 Å². The molecule has 0 unspecified atom stereocenters. The van der Waals surface area contributed by atoms with Gasteiger partial charge in [-0.2, -0.15) is 13.2 Å². The molecule has 1 aromatic carbocycles. The van der Waals surface area contributed by atoms with E-state index in [-0.39, 0.29) is 5.56 Å². The summed E-state index contributed by atoms with van der Waals surface area (Å²) in [6.45, 7) is 7.20. The van der Waals surface area contributed by atoms with E-state index in [0.29, 0.717) is 43.6 Å². The highest BCUT2D eigenvalue weighted by molar-refractivity contribution is 5.96. The quantitative estimate of drug-likeness (QED) is 0.618. The number of carbonyl (C=O) groups excluding carboxylic acids is 1. The lowest BCUT2D eigenvalue weighted by Gasteiger charge is -2.36. The molecule has 0 spiro atoms. The Morgan fingerprint density at radius 2 is 1.62 bits per heavy atom. The lowest BCUT2D eigenvalue weighted by Crippen LogP contribution is -2.49. The van der Waals surface area contributed by atoms with Crippen molar-refractivity contribution >= 4 is 11.7 Å². The van der Waals surface area contributed by atoms with Gasteiger partial charge in [0, 0.05) is 37.9 Å². The Bertz CT molecular complexity index is 1150. The van der Waals surface area contributed by atoms with Gasteiger partial charge in [0.2, 0.25) is 0 Å². The van der Waals surface area contributed by atoms with Crippen molar-refractivity contribution in [2.75, 3.05) is 31.1 Å². The number of hydrogen-bond donors (Lipinski definition) is 0. The fourth-order valence-electron chi connectivity index (χ4n) is 3.78. The largest absolute Gasteiger partial charge is 0.417 e. The number of nitrogens with zero attached hydrogens (tertiary/aromatic N) is 6. The van der Waals surface area contributed by atoms with Gasteiger partial charge in [-0.3, -0.25) is 9.36 Å². The summed E-state index contributed by atoms with van der Waals surface area (Å²) in [5.41, 5.74) is 0.663. The minimum absolute atomic E-state index is 0.298. The zero-order valence-corrected chi connectivity index (χ0v) is 18.0. The van der Waals surface area contributed by atoms with Crippen LogP contribution in [-0.4, -0.2) is 56.5 Å². The zero-order chi connectivity index (χ0) is 23.0. The van der Waals surface area contributed by atoms with Gasteiger partial charge in [0.05, 0.1) is 16.8 Å². The van der Waals surface area contributed by atoms with Crippen LogP contribution in [0.4, 0.5) is 19.0 Å². The number of hydrogen-bond acceptors (Lipinski definition) is 5. The van der Waals surface area contributed by atoms with Crippen LogP contribution in [0.5, 0.6) is 0 Å². The first-order chi connectivity index (χ1) is 15.1. The molecule has 0 radical (unpaired) electrons. The molecule has 168 valence electrons. The number of aryl methyl sites for hydroxylation is 2. The van der Waals surface area contributed by atoms with Crippen LogP contribution < -0.4 is 4.90 Å². The van der Waals surface area contributed by atoms with Gasteiger partial charge in [-0.15, -0.1) is 0 Å². The number of aromatic nitrogens is 4. The Morgan fingerprint density at radius 1 is 0.969 bits per heavy atom. The monoisotopic (exact) mass is 444 g/mol. The van der Waals surface area contributed by atoms with Crippen molar-refractivity contribution in [2.24, 2.45) is 0 Å². The fourth-order valence-corrected chi connectivity index (χ4v) is 3.78. The van der Waals surface area contributed by atoms with E-state index in [1.54, 1.807) is 13.3 Å². The number of piperazine rings is 1. The molecule has 2 aromatic heterocycles. The molecule has 10 heteroatoms. The standard InChI is InChI=1S/C22H23F3N6O/c1-14-15(2)31(13-26-14)20-12-19(27-16(3)28-20)29-8-10-30(11-9-29)21(32)17-6-4-5-7-18(17)22(23,24)25/h4-7,12-13H,8-11H2,1-3H3. The normalized spacial score (nSPS) is 14.7. The highest BCUT2D eigenvalue weighted by Gasteiger charge is 2.36. The highest BCUT2D eigenvalue weighted by atomic mass is 19.4. The van der Waals surface area contributed by atoms with E-state index < -0.39 is 17.6 Å². The maximum atomic E-state index is 13.3. The van der Waals surface area contributed by atoms with E-state index >= 15 is 0 Å². The molecule has 1 saturated heterocycles. The van der Waals surface area contributed by atoms with Crippen molar-refractivity contribution in [3.63, 3.8) is 0 Å². The van der Waals surface area contributed by atoms with Crippen molar-refractivity contribution in [2.45, 2.75) is 26.9 Å². The number of amides is 1. The number of anilines is 1. The summed E-state index contributed by atoms with van der Waals surface area (Å²) in [6, 6.07) is 6.76. The Hall–Kier alpha value is -3.43. The molecule has 3 heterocycles. The number of rotatable bonds is 3. The van der Waals surface area contributed by atoms with Crippen LogP contribution in [0.2, 0.25) is 0 Å². The van der Waals surface area contributed by atoms with Gasteiger partial charge >= 0.3 is 6.18 Å². The number of imidazole rings is 1. The van der Waals surface area contributed by atoms with Crippen LogP contribution in [-0.2, 0) is 6.18 Å². The highest BCUT2D eigenvalue weighted by Crippen LogP contribution is 2.32. The van der Waals surface area contributed by atoms with E-state index in [4.69, 9.17) is 0 Å². The Balaban J connectivity index is 1.51. The smallest absolute Gasteiger partial charge is 0.353 e. The number of carbonyl (C=O) groups is 1. The van der Waals surface area contributed by atoms with E-state index in [1.165, 1.54) is 23.1 Å². The molecular weight excluding hydrogens is 421 g/mol. The summed E-state index contributed by atoms with van der Waals surface area (Å²) in [5, 5.41) is 0. The molecule has 1 amide bonds. The minimum atomic E-state index is -4.58. The maximum Gasteiger partial charge on any atom is 0.417 e. The van der Waals surface area contributed by atoms with Gasteiger partial charge < -0.3 is 9.80 Å². The zero-order valence-electron chi connectivity index (χ0n) is 18.0. The summed E-state index contributed by atoms with van der Waals surface area (Å²) in [7, 11) is 0. The Kier molecular flexibility index (Phi) is 5.62. The molecule has 0 saturated carbocycles. The molecule has 0 bridgehead atoms. The second kappa shape index (κ2) is 8.25. The predicted molar refractivity (Wildman–Crippen MR) is 113 cm³/mol. The summed E-state index contributed by atoms with van der Waals surface area (Å²) >= 11 is 0.